The van der Waals surface area contributed by atoms with E-state index in [0.717, 1.165) is 72.3 Å². The third kappa shape index (κ3) is 10.1. The average molecular weight is 659 g/mol. The molecule has 2 heterocycles. The van der Waals surface area contributed by atoms with Gasteiger partial charge in [0.1, 0.15) is 0 Å². The van der Waals surface area contributed by atoms with Crippen molar-refractivity contribution in [1.82, 2.24) is 25.3 Å². The molecule has 4 rings (SSSR count). The van der Waals surface area contributed by atoms with Crippen molar-refractivity contribution in [3.05, 3.63) is 23.5 Å². The standard InChI is InChI=1S/C32H49N5O10/c38-28(39)17-35(9-11-36(18-29(40)41)26(31(44)45)13-20-15-33-24-7-3-1-5-22(20)24)10-12-37(19-30(42)43)27(32(46)47)14-21-16-34-25-8-4-2-6-23(21)25/h15-16,22-27,33-34H,1-14,17-19H2,(H,38,39)(H,40,41)(H,42,43)(H,44,45)(H,46,47)/p-5/t22?,23?,24?,25?,26-,27-/m0/s1. The van der Waals surface area contributed by atoms with Gasteiger partial charge in [0.2, 0.25) is 0 Å². The van der Waals surface area contributed by atoms with Gasteiger partial charge < -0.3 is 60.1 Å². The zero-order chi connectivity index (χ0) is 34.1. The summed E-state index contributed by atoms with van der Waals surface area (Å²) in [7, 11) is 0. The Balaban J connectivity index is 1.44. The molecule has 2 saturated carbocycles. The van der Waals surface area contributed by atoms with Crippen LogP contribution in [0.25, 0.3) is 0 Å². The molecule has 2 aliphatic carbocycles. The largest absolute Gasteiger partial charge is 0.549 e. The van der Waals surface area contributed by atoms with Crippen LogP contribution in [0.4, 0.5) is 0 Å². The molecule has 0 saturated heterocycles. The van der Waals surface area contributed by atoms with E-state index >= 15 is 0 Å². The number of aliphatic carboxylic acids is 5. The summed E-state index contributed by atoms with van der Waals surface area (Å²) in [5, 5.41) is 66.2. The molecule has 262 valence electrons. The van der Waals surface area contributed by atoms with Crippen molar-refractivity contribution in [2.45, 2.75) is 88.4 Å². The molecule has 4 aliphatic rings. The Hall–Kier alpha value is -3.69. The first-order valence-corrected chi connectivity index (χ1v) is 16.5. The highest BCUT2D eigenvalue weighted by molar-refractivity contribution is 5.74. The van der Waals surface area contributed by atoms with E-state index in [1.165, 1.54) is 4.90 Å². The van der Waals surface area contributed by atoms with Crippen LogP contribution in [-0.4, -0.2) is 115 Å². The second-order valence-corrected chi connectivity index (χ2v) is 13.2. The highest BCUT2D eigenvalue weighted by atomic mass is 16.4. The van der Waals surface area contributed by atoms with E-state index in [9.17, 15) is 49.5 Å². The zero-order valence-corrected chi connectivity index (χ0v) is 26.6. The summed E-state index contributed by atoms with van der Waals surface area (Å²) in [5.41, 5.74) is 1.72. The van der Waals surface area contributed by atoms with Crippen LogP contribution in [0.1, 0.15) is 64.2 Å². The molecule has 4 unspecified atom stereocenters. The number of carboxylic acid groups (broad SMARTS) is 5. The predicted molar refractivity (Wildman–Crippen MR) is 155 cm³/mol. The van der Waals surface area contributed by atoms with Crippen LogP contribution < -0.4 is 36.2 Å². The molecule has 0 spiro atoms. The molecule has 15 nitrogen and oxygen atoms in total. The first-order valence-electron chi connectivity index (χ1n) is 16.5. The molecular weight excluding hydrogens is 614 g/mol. The number of carbonyl (C=O) groups is 5. The molecule has 0 radical (unpaired) electrons. The van der Waals surface area contributed by atoms with E-state index in [4.69, 9.17) is 0 Å². The van der Waals surface area contributed by atoms with Crippen molar-refractivity contribution in [1.29, 1.82) is 0 Å². The number of carbonyl (C=O) groups excluding carboxylic acids is 5. The molecule has 0 bridgehead atoms. The van der Waals surface area contributed by atoms with Gasteiger partial charge in [-0.2, -0.15) is 0 Å². The minimum Gasteiger partial charge on any atom is -0.549 e. The lowest BCUT2D eigenvalue weighted by molar-refractivity contribution is -0.317. The fraction of sp³-hybridized carbons (Fsp3) is 0.719. The van der Waals surface area contributed by atoms with Crippen molar-refractivity contribution in [3.63, 3.8) is 0 Å². The van der Waals surface area contributed by atoms with Gasteiger partial charge in [0.25, 0.3) is 0 Å². The summed E-state index contributed by atoms with van der Waals surface area (Å²) in [6, 6.07) is -2.26. The first kappa shape index (κ1) is 36.2. The van der Waals surface area contributed by atoms with E-state index in [2.05, 4.69) is 10.6 Å². The van der Waals surface area contributed by atoms with Gasteiger partial charge in [0.15, 0.2) is 0 Å². The smallest absolute Gasteiger partial charge is 0.0590 e. The van der Waals surface area contributed by atoms with Gasteiger partial charge >= 0.3 is 0 Å². The highest BCUT2D eigenvalue weighted by Crippen LogP contribution is 2.37. The Morgan fingerprint density at radius 1 is 0.596 bits per heavy atom. The van der Waals surface area contributed by atoms with Crippen LogP contribution >= 0.6 is 0 Å². The van der Waals surface area contributed by atoms with Crippen LogP contribution in [0.5, 0.6) is 0 Å². The summed E-state index contributed by atoms with van der Waals surface area (Å²) in [5.74, 6) is -7.22. The summed E-state index contributed by atoms with van der Waals surface area (Å²) in [6.07, 6.45) is 11.4. The lowest BCUT2D eigenvalue weighted by atomic mass is 9.80. The predicted octanol–water partition coefficient (Wildman–Crippen LogP) is -5.75. The number of fused-ring (bicyclic) bond motifs is 2. The molecular formula is C32H44N5O10-5. The fourth-order valence-electron chi connectivity index (χ4n) is 7.79. The van der Waals surface area contributed by atoms with Gasteiger partial charge in [-0.1, -0.05) is 25.7 Å². The molecule has 2 aliphatic heterocycles. The number of hydrogen-bond acceptors (Lipinski definition) is 15. The van der Waals surface area contributed by atoms with Gasteiger partial charge in [0.05, 0.1) is 41.9 Å². The van der Waals surface area contributed by atoms with Crippen molar-refractivity contribution < 1.29 is 49.5 Å². The topological polar surface area (TPSA) is 234 Å². The van der Waals surface area contributed by atoms with Crippen molar-refractivity contribution in [2.24, 2.45) is 11.8 Å². The number of carboxylic acids is 5. The molecule has 0 aromatic carbocycles. The third-order valence-electron chi connectivity index (χ3n) is 10.2. The summed E-state index contributed by atoms with van der Waals surface area (Å²) in [6.45, 7) is -2.86. The van der Waals surface area contributed by atoms with E-state index in [1.807, 2.05) is 0 Å². The molecule has 2 N–H and O–H groups in total. The summed E-state index contributed by atoms with van der Waals surface area (Å²) in [4.78, 5) is 63.2. The second-order valence-electron chi connectivity index (χ2n) is 13.2. The Labute approximate surface area is 274 Å². The summed E-state index contributed by atoms with van der Waals surface area (Å²) < 4.78 is 0. The molecule has 0 amide bonds. The number of nitrogens with one attached hydrogen (secondary N) is 2. The molecule has 47 heavy (non-hydrogen) atoms. The fourth-order valence-corrected chi connectivity index (χ4v) is 7.79. The van der Waals surface area contributed by atoms with Gasteiger partial charge in [0, 0.05) is 69.7 Å². The number of rotatable bonds is 20. The van der Waals surface area contributed by atoms with Gasteiger partial charge in [-0.25, -0.2) is 0 Å². The number of nitrogens with zero attached hydrogens (tertiary/aromatic N) is 3. The third-order valence-corrected chi connectivity index (χ3v) is 10.2. The zero-order valence-electron chi connectivity index (χ0n) is 26.6. The van der Waals surface area contributed by atoms with E-state index in [1.54, 1.807) is 12.4 Å². The molecule has 0 aromatic heterocycles. The van der Waals surface area contributed by atoms with Crippen molar-refractivity contribution in [2.75, 3.05) is 45.8 Å². The van der Waals surface area contributed by atoms with E-state index in [0.29, 0.717) is 0 Å². The van der Waals surface area contributed by atoms with Crippen molar-refractivity contribution in [3.8, 4) is 0 Å². The monoisotopic (exact) mass is 658 g/mol. The Morgan fingerprint density at radius 2 is 0.979 bits per heavy atom. The number of hydrogen-bond donors (Lipinski definition) is 2. The van der Waals surface area contributed by atoms with Crippen LogP contribution in [0.3, 0.4) is 0 Å². The average Bonchev–Trinajstić information content (AvgIpc) is 3.61. The lowest BCUT2D eigenvalue weighted by Crippen LogP contribution is -2.56. The van der Waals surface area contributed by atoms with Crippen molar-refractivity contribution >= 4 is 29.8 Å². The molecule has 0 aromatic rings. The van der Waals surface area contributed by atoms with Gasteiger partial charge in [-0.15, -0.1) is 0 Å². The van der Waals surface area contributed by atoms with Gasteiger partial charge in [-0.05, 0) is 62.1 Å². The summed E-state index contributed by atoms with van der Waals surface area (Å²) >= 11 is 0. The van der Waals surface area contributed by atoms with E-state index in [-0.39, 0.29) is 62.9 Å². The van der Waals surface area contributed by atoms with Gasteiger partial charge in [-0.3, -0.25) is 14.7 Å². The lowest BCUT2D eigenvalue weighted by Gasteiger charge is -2.38. The van der Waals surface area contributed by atoms with Crippen LogP contribution in [0, 0.1) is 11.8 Å². The molecule has 6 atom stereocenters. The minimum atomic E-state index is -1.52. The highest BCUT2D eigenvalue weighted by Gasteiger charge is 2.35. The molecule has 15 heteroatoms. The first-order chi connectivity index (χ1) is 22.4. The Kier molecular flexibility index (Phi) is 13.0. The van der Waals surface area contributed by atoms with Crippen LogP contribution in [0.15, 0.2) is 23.5 Å². The normalized spacial score (nSPS) is 24.8. The second kappa shape index (κ2) is 16.9. The minimum absolute atomic E-state index is 0.0174. The maximum atomic E-state index is 12.3. The van der Waals surface area contributed by atoms with Crippen LogP contribution in [-0.2, 0) is 24.0 Å². The maximum Gasteiger partial charge on any atom is 0.0590 e. The Bertz CT molecular complexity index is 1140. The molecule has 2 fully saturated rings. The Morgan fingerprint density at radius 3 is 1.34 bits per heavy atom. The van der Waals surface area contributed by atoms with E-state index < -0.39 is 61.6 Å². The maximum absolute atomic E-state index is 12.3. The SMILES string of the molecule is O=C([O-])CN(CCN(CC(=O)[O-])[C@@H](CC1=CNC2CCCCC12)C(=O)[O-])CCN(CC(=O)[O-])[C@@H](CC1=CNC2CCCCC12)C(=O)[O-]. The quantitative estimate of drug-likeness (QED) is 0.124. The van der Waals surface area contributed by atoms with Crippen LogP contribution in [0.2, 0.25) is 0 Å².